The number of benzene rings is 3. The second-order valence-electron chi connectivity index (χ2n) is 8.49. The van der Waals surface area contributed by atoms with Crippen molar-refractivity contribution in [3.05, 3.63) is 88.6 Å². The lowest BCUT2D eigenvalue weighted by Gasteiger charge is -2.14. The number of carbonyl (C=O) groups is 1. The van der Waals surface area contributed by atoms with Crippen LogP contribution < -0.4 is 20.5 Å². The molecule has 0 aliphatic heterocycles. The van der Waals surface area contributed by atoms with Gasteiger partial charge in [0.25, 0.3) is 0 Å². The summed E-state index contributed by atoms with van der Waals surface area (Å²) in [7, 11) is 2.73. The number of aromatic amines is 1. The van der Waals surface area contributed by atoms with Crippen molar-refractivity contribution in [2.45, 2.75) is 13.2 Å². The Bertz CT molecular complexity index is 1730. The number of amides is 1. The van der Waals surface area contributed by atoms with E-state index in [1.807, 2.05) is 0 Å². The quantitative estimate of drug-likeness (QED) is 0.311. The van der Waals surface area contributed by atoms with Gasteiger partial charge in [-0.1, -0.05) is 0 Å². The number of aryl methyl sites for hydroxylation is 1. The van der Waals surface area contributed by atoms with Crippen LogP contribution in [0.4, 0.5) is 18.9 Å². The van der Waals surface area contributed by atoms with E-state index < -0.39 is 35.6 Å². The molecule has 1 amide bonds. The monoisotopic (exact) mass is 538 g/mol. The lowest BCUT2D eigenvalue weighted by atomic mass is 10.0. The minimum absolute atomic E-state index is 0.0102. The molecule has 0 saturated carbocycles. The topological polar surface area (TPSA) is 116 Å². The Kier molecular flexibility index (Phi) is 6.79. The highest BCUT2D eigenvalue weighted by Crippen LogP contribution is 2.39. The molecule has 0 bridgehead atoms. The molecule has 10 nitrogen and oxygen atoms in total. The number of nitrogens with zero attached hydrogens (tertiary/aromatic N) is 4. The Morgan fingerprint density at radius 1 is 1.08 bits per heavy atom. The van der Waals surface area contributed by atoms with Gasteiger partial charge in [-0.2, -0.15) is 0 Å². The fourth-order valence-electron chi connectivity index (χ4n) is 4.24. The minimum atomic E-state index is -0.830. The molecule has 0 radical (unpaired) electrons. The molecule has 200 valence electrons. The Morgan fingerprint density at radius 2 is 1.85 bits per heavy atom. The van der Waals surface area contributed by atoms with Gasteiger partial charge in [0.15, 0.2) is 23.1 Å². The number of hydrogen-bond acceptors (Lipinski definition) is 6. The van der Waals surface area contributed by atoms with E-state index in [2.05, 4.69) is 20.5 Å². The second-order valence-corrected chi connectivity index (χ2v) is 8.49. The van der Waals surface area contributed by atoms with Gasteiger partial charge in [-0.25, -0.2) is 18.0 Å². The molecule has 0 aliphatic rings. The third kappa shape index (κ3) is 4.93. The van der Waals surface area contributed by atoms with E-state index in [9.17, 15) is 14.0 Å². The van der Waals surface area contributed by atoms with Crippen LogP contribution in [-0.4, -0.2) is 37.3 Å². The molecule has 0 aliphatic carbocycles. The SMILES string of the molecule is COc1cc(-c2c(F)ccc3c2n(C)c(=O)n3CC(=O)Nc2ccc(F)cc2)cc(F)c1OCc1nnc[nH]1. The van der Waals surface area contributed by atoms with Gasteiger partial charge in [0.1, 0.15) is 31.1 Å². The number of aromatic nitrogens is 5. The molecule has 0 unspecified atom stereocenters. The molecule has 2 heterocycles. The van der Waals surface area contributed by atoms with Gasteiger partial charge in [-0.05, 0) is 54.1 Å². The van der Waals surface area contributed by atoms with Crippen molar-refractivity contribution in [2.75, 3.05) is 12.4 Å². The van der Waals surface area contributed by atoms with Crippen molar-refractivity contribution < 1.29 is 27.4 Å². The predicted octanol–water partition coefficient (Wildman–Crippen LogP) is 3.77. The molecule has 5 rings (SSSR count). The first-order valence-electron chi connectivity index (χ1n) is 11.6. The van der Waals surface area contributed by atoms with Crippen LogP contribution in [0.2, 0.25) is 0 Å². The number of rotatable bonds is 8. The van der Waals surface area contributed by atoms with E-state index >= 15 is 8.78 Å². The zero-order valence-corrected chi connectivity index (χ0v) is 20.7. The summed E-state index contributed by atoms with van der Waals surface area (Å²) >= 11 is 0. The van der Waals surface area contributed by atoms with E-state index in [-0.39, 0.29) is 40.3 Å². The summed E-state index contributed by atoms with van der Waals surface area (Å²) in [6.07, 6.45) is 1.35. The summed E-state index contributed by atoms with van der Waals surface area (Å²) < 4.78 is 56.8. The van der Waals surface area contributed by atoms with Crippen molar-refractivity contribution >= 4 is 22.6 Å². The van der Waals surface area contributed by atoms with Crippen molar-refractivity contribution in [1.29, 1.82) is 0 Å². The van der Waals surface area contributed by atoms with Crippen LogP contribution in [0.25, 0.3) is 22.2 Å². The van der Waals surface area contributed by atoms with E-state index in [1.54, 1.807) is 0 Å². The first kappa shape index (κ1) is 25.6. The smallest absolute Gasteiger partial charge is 0.329 e. The maximum atomic E-state index is 15.3. The highest BCUT2D eigenvalue weighted by atomic mass is 19.1. The molecule has 0 atom stereocenters. The van der Waals surface area contributed by atoms with E-state index in [1.165, 1.54) is 66.0 Å². The number of anilines is 1. The molecule has 2 aromatic heterocycles. The number of nitrogens with one attached hydrogen (secondary N) is 2. The average Bonchev–Trinajstić information content (AvgIpc) is 3.52. The van der Waals surface area contributed by atoms with Gasteiger partial charge < -0.3 is 19.8 Å². The molecular weight excluding hydrogens is 517 g/mol. The van der Waals surface area contributed by atoms with Crippen LogP contribution >= 0.6 is 0 Å². The third-order valence-electron chi connectivity index (χ3n) is 6.02. The number of methoxy groups -OCH3 is 1. The molecule has 3 aromatic carbocycles. The fourth-order valence-corrected chi connectivity index (χ4v) is 4.24. The van der Waals surface area contributed by atoms with Crippen molar-refractivity contribution in [1.82, 2.24) is 24.3 Å². The summed E-state index contributed by atoms with van der Waals surface area (Å²) in [5.74, 6) is -2.43. The van der Waals surface area contributed by atoms with E-state index in [4.69, 9.17) is 9.47 Å². The molecule has 13 heteroatoms. The number of H-pyrrole nitrogens is 1. The summed E-state index contributed by atoms with van der Waals surface area (Å²) in [4.78, 5) is 28.5. The van der Waals surface area contributed by atoms with Crippen LogP contribution in [-0.2, 0) is 25.0 Å². The zero-order chi connectivity index (χ0) is 27.7. The van der Waals surface area contributed by atoms with Gasteiger partial charge in [0, 0.05) is 18.3 Å². The maximum Gasteiger partial charge on any atom is 0.329 e. The van der Waals surface area contributed by atoms with Crippen LogP contribution in [0.15, 0.2) is 59.7 Å². The van der Waals surface area contributed by atoms with Crippen LogP contribution in [0.3, 0.4) is 0 Å². The van der Waals surface area contributed by atoms with Crippen LogP contribution in [0.5, 0.6) is 11.5 Å². The molecule has 2 N–H and O–H groups in total. The third-order valence-corrected chi connectivity index (χ3v) is 6.02. The van der Waals surface area contributed by atoms with Crippen molar-refractivity contribution in [2.24, 2.45) is 7.05 Å². The highest BCUT2D eigenvalue weighted by Gasteiger charge is 2.23. The normalized spacial score (nSPS) is 11.1. The molecule has 0 fully saturated rings. The highest BCUT2D eigenvalue weighted by molar-refractivity contribution is 5.95. The standard InChI is InChI=1S/C26H21F3N6O4/c1-34-24-19(35(26(34)37)11-22(36)32-16-5-3-15(27)4-6-16)8-7-17(28)23(24)14-9-18(29)25(20(10-14)38-2)39-12-21-30-13-31-33-21/h3-10,13H,11-12H2,1-2H3,(H,32,36)(H,30,31,33). The Labute approximate surface area is 218 Å². The fraction of sp³-hybridized carbons (Fsp3) is 0.154. The van der Waals surface area contributed by atoms with Gasteiger partial charge >= 0.3 is 5.69 Å². The molecule has 0 saturated heterocycles. The summed E-state index contributed by atoms with van der Waals surface area (Å²) in [6, 6.07) is 10.1. The summed E-state index contributed by atoms with van der Waals surface area (Å²) in [6.45, 7) is -0.515. The lowest BCUT2D eigenvalue weighted by Crippen LogP contribution is -2.28. The number of carbonyl (C=O) groups excluding carboxylic acids is 1. The number of fused-ring (bicyclic) bond motifs is 1. The molecule has 0 spiro atoms. The van der Waals surface area contributed by atoms with Gasteiger partial charge in [0.2, 0.25) is 5.91 Å². The Balaban J connectivity index is 1.53. The number of ether oxygens (including phenoxy) is 2. The second kappa shape index (κ2) is 10.4. The van der Waals surface area contributed by atoms with Crippen LogP contribution in [0, 0.1) is 17.5 Å². The Morgan fingerprint density at radius 3 is 2.54 bits per heavy atom. The van der Waals surface area contributed by atoms with E-state index in [0.29, 0.717) is 11.5 Å². The molecular formula is C26H21F3N6O4. The average molecular weight is 538 g/mol. The minimum Gasteiger partial charge on any atom is -0.493 e. The zero-order valence-electron chi connectivity index (χ0n) is 20.7. The van der Waals surface area contributed by atoms with Gasteiger partial charge in [0.05, 0.1) is 18.1 Å². The van der Waals surface area contributed by atoms with Gasteiger partial charge in [-0.15, -0.1) is 10.2 Å². The number of halogens is 3. The van der Waals surface area contributed by atoms with E-state index in [0.717, 1.165) is 12.1 Å². The summed E-state index contributed by atoms with van der Waals surface area (Å²) in [5.41, 5.74) is 0.163. The maximum absolute atomic E-state index is 15.3. The Hall–Kier alpha value is -5.07. The largest absolute Gasteiger partial charge is 0.493 e. The number of imidazole rings is 1. The number of hydrogen-bond donors (Lipinski definition) is 2. The summed E-state index contributed by atoms with van der Waals surface area (Å²) in [5, 5.41) is 9.99. The van der Waals surface area contributed by atoms with Gasteiger partial charge in [-0.3, -0.25) is 13.9 Å². The van der Waals surface area contributed by atoms with Crippen LogP contribution in [0.1, 0.15) is 5.82 Å². The first-order chi connectivity index (χ1) is 18.8. The predicted molar refractivity (Wildman–Crippen MR) is 135 cm³/mol. The first-order valence-corrected chi connectivity index (χ1v) is 11.6. The lowest BCUT2D eigenvalue weighted by molar-refractivity contribution is -0.116. The molecule has 39 heavy (non-hydrogen) atoms. The van der Waals surface area contributed by atoms with Crippen molar-refractivity contribution in [3.8, 4) is 22.6 Å². The molecule has 5 aromatic rings. The van der Waals surface area contributed by atoms with Crippen molar-refractivity contribution in [3.63, 3.8) is 0 Å².